The minimum Gasteiger partial charge on any atom is -0.392 e. The molecule has 28 heavy (non-hydrogen) atoms. The Morgan fingerprint density at radius 2 is 2.00 bits per heavy atom. The van der Waals surface area contributed by atoms with Gasteiger partial charge in [0.15, 0.2) is 0 Å². The Morgan fingerprint density at radius 1 is 1.21 bits per heavy atom. The van der Waals surface area contributed by atoms with E-state index in [1.165, 1.54) is 29.5 Å². The summed E-state index contributed by atoms with van der Waals surface area (Å²) in [6.07, 6.45) is 6.00. The van der Waals surface area contributed by atoms with Gasteiger partial charge in [0.05, 0.1) is 6.10 Å². The fourth-order valence-corrected chi connectivity index (χ4v) is 4.46. The topological polar surface area (TPSA) is 75.4 Å². The van der Waals surface area contributed by atoms with Crippen molar-refractivity contribution in [2.75, 3.05) is 6.54 Å². The molecule has 0 spiro atoms. The lowest BCUT2D eigenvalue weighted by molar-refractivity contribution is -0.125. The molecule has 1 amide bonds. The number of fused-ring (bicyclic) bond motifs is 1. The Bertz CT molecular complexity index is 832. The monoisotopic (exact) mass is 378 g/mol. The first kappa shape index (κ1) is 19.2. The Kier molecular flexibility index (Phi) is 5.51. The Morgan fingerprint density at radius 3 is 2.71 bits per heavy atom. The summed E-state index contributed by atoms with van der Waals surface area (Å²) in [5, 5.41) is 13.9. The number of nitrogens with two attached hydrogens (primary N) is 1. The van der Waals surface area contributed by atoms with Crippen molar-refractivity contribution in [3.8, 4) is 0 Å². The van der Waals surface area contributed by atoms with Gasteiger partial charge in [-0.25, -0.2) is 0 Å². The lowest BCUT2D eigenvalue weighted by Crippen LogP contribution is -2.56. The number of amides is 1. The number of primary amides is 1. The van der Waals surface area contributed by atoms with Crippen LogP contribution in [0.1, 0.15) is 60.3 Å². The summed E-state index contributed by atoms with van der Waals surface area (Å²) in [5.74, 6) is 0.297. The molecule has 2 aliphatic rings. The summed E-state index contributed by atoms with van der Waals surface area (Å²) in [6, 6.07) is 16.7. The Labute approximate surface area is 167 Å². The number of nitrogens with one attached hydrogen (secondary N) is 1. The predicted molar refractivity (Wildman–Crippen MR) is 111 cm³/mol. The maximum absolute atomic E-state index is 12.6. The van der Waals surface area contributed by atoms with Gasteiger partial charge in [-0.15, -0.1) is 0 Å². The van der Waals surface area contributed by atoms with E-state index in [1.807, 2.05) is 18.2 Å². The second-order valence-corrected chi connectivity index (χ2v) is 8.37. The van der Waals surface area contributed by atoms with E-state index in [9.17, 15) is 9.90 Å². The van der Waals surface area contributed by atoms with Crippen LogP contribution >= 0.6 is 0 Å². The average Bonchev–Trinajstić information content (AvgIpc) is 3.56. The van der Waals surface area contributed by atoms with Gasteiger partial charge in [0.25, 0.3) is 0 Å². The highest BCUT2D eigenvalue weighted by Gasteiger charge is 2.42. The van der Waals surface area contributed by atoms with Crippen LogP contribution in [0.2, 0.25) is 0 Å². The highest BCUT2D eigenvalue weighted by atomic mass is 16.3. The highest BCUT2D eigenvalue weighted by molar-refractivity contribution is 5.87. The van der Waals surface area contributed by atoms with Crippen molar-refractivity contribution in [1.82, 2.24) is 5.32 Å². The van der Waals surface area contributed by atoms with Crippen LogP contribution in [0.4, 0.5) is 0 Å². The van der Waals surface area contributed by atoms with Crippen molar-refractivity contribution in [2.45, 2.75) is 62.5 Å². The summed E-state index contributed by atoms with van der Waals surface area (Å²) < 4.78 is 0. The molecule has 0 unspecified atom stereocenters. The van der Waals surface area contributed by atoms with Gasteiger partial charge in [0.1, 0.15) is 5.54 Å². The van der Waals surface area contributed by atoms with E-state index in [1.54, 1.807) is 0 Å². The molecule has 0 heterocycles. The summed E-state index contributed by atoms with van der Waals surface area (Å²) in [5.41, 5.74) is 9.83. The Balaban J connectivity index is 1.48. The number of aryl methyl sites for hydroxylation is 2. The number of hydrogen-bond donors (Lipinski definition) is 3. The number of hydrogen-bond acceptors (Lipinski definition) is 3. The molecular formula is C24H30N2O2. The third-order valence-corrected chi connectivity index (χ3v) is 6.31. The van der Waals surface area contributed by atoms with E-state index < -0.39 is 11.6 Å². The molecule has 2 aromatic carbocycles. The molecule has 1 saturated carbocycles. The maximum Gasteiger partial charge on any atom is 0.242 e. The first-order valence-electron chi connectivity index (χ1n) is 10.5. The van der Waals surface area contributed by atoms with Crippen LogP contribution in [0.25, 0.3) is 0 Å². The molecule has 0 saturated heterocycles. The molecule has 0 aliphatic heterocycles. The smallest absolute Gasteiger partial charge is 0.242 e. The zero-order valence-electron chi connectivity index (χ0n) is 16.4. The van der Waals surface area contributed by atoms with Gasteiger partial charge in [-0.05, 0) is 73.1 Å². The minimum atomic E-state index is -0.869. The van der Waals surface area contributed by atoms with E-state index in [0.29, 0.717) is 25.3 Å². The maximum atomic E-state index is 12.6. The number of carbonyl (C=O) groups excluding carboxylic acids is 1. The average molecular weight is 379 g/mol. The number of aliphatic hydroxyl groups is 1. The highest BCUT2D eigenvalue weighted by Crippen LogP contribution is 2.43. The number of carbonyl (C=O) groups is 1. The molecular weight excluding hydrogens is 348 g/mol. The number of rotatable bonds is 8. The molecule has 148 valence electrons. The number of aliphatic hydroxyl groups excluding tert-OH is 1. The predicted octanol–water partition coefficient (Wildman–Crippen LogP) is 3.16. The normalized spacial score (nSPS) is 22.5. The van der Waals surface area contributed by atoms with Crippen molar-refractivity contribution < 1.29 is 9.90 Å². The third kappa shape index (κ3) is 3.98. The van der Waals surface area contributed by atoms with Crippen LogP contribution in [0, 0.1) is 0 Å². The minimum absolute atomic E-state index is 0.336. The molecule has 4 rings (SSSR count). The van der Waals surface area contributed by atoms with Gasteiger partial charge in [0.2, 0.25) is 5.91 Å². The molecule has 0 bridgehead atoms. The van der Waals surface area contributed by atoms with Gasteiger partial charge in [0, 0.05) is 6.54 Å². The molecule has 4 heteroatoms. The zero-order valence-corrected chi connectivity index (χ0v) is 16.4. The molecule has 1 fully saturated rings. The quantitative estimate of drug-likeness (QED) is 0.660. The van der Waals surface area contributed by atoms with Crippen LogP contribution in [0.5, 0.6) is 0 Å². The lowest BCUT2D eigenvalue weighted by atomic mass is 9.75. The van der Waals surface area contributed by atoms with Gasteiger partial charge in [-0.3, -0.25) is 10.1 Å². The molecule has 2 atom stereocenters. The zero-order chi connectivity index (χ0) is 19.6. The number of benzene rings is 2. The summed E-state index contributed by atoms with van der Waals surface area (Å²) in [7, 11) is 0. The van der Waals surface area contributed by atoms with Gasteiger partial charge in [-0.2, -0.15) is 0 Å². The van der Waals surface area contributed by atoms with Crippen molar-refractivity contribution >= 4 is 5.91 Å². The SMILES string of the molecule is NC(=O)[C@]1(NC[C@H](O)CCc2ccccc2)CCCc2ccc(C3CC3)cc21. The molecule has 4 nitrogen and oxygen atoms in total. The van der Waals surface area contributed by atoms with Crippen molar-refractivity contribution in [1.29, 1.82) is 0 Å². The second kappa shape index (κ2) is 8.06. The van der Waals surface area contributed by atoms with Crippen LogP contribution in [-0.2, 0) is 23.2 Å². The van der Waals surface area contributed by atoms with Crippen LogP contribution < -0.4 is 11.1 Å². The summed E-state index contributed by atoms with van der Waals surface area (Å²) in [4.78, 5) is 12.6. The first-order chi connectivity index (χ1) is 13.6. The van der Waals surface area contributed by atoms with E-state index in [2.05, 4.69) is 35.6 Å². The largest absolute Gasteiger partial charge is 0.392 e. The first-order valence-corrected chi connectivity index (χ1v) is 10.5. The van der Waals surface area contributed by atoms with E-state index in [4.69, 9.17) is 5.73 Å². The van der Waals surface area contributed by atoms with Crippen molar-refractivity contribution in [3.05, 3.63) is 70.8 Å². The third-order valence-electron chi connectivity index (χ3n) is 6.31. The van der Waals surface area contributed by atoms with E-state index in [0.717, 1.165) is 24.8 Å². The van der Waals surface area contributed by atoms with Gasteiger partial charge < -0.3 is 10.8 Å². The Hall–Kier alpha value is -2.17. The molecule has 2 aromatic rings. The molecule has 2 aliphatic carbocycles. The fourth-order valence-electron chi connectivity index (χ4n) is 4.46. The summed E-state index contributed by atoms with van der Waals surface area (Å²) in [6.45, 7) is 0.364. The van der Waals surface area contributed by atoms with Crippen molar-refractivity contribution in [2.24, 2.45) is 5.73 Å². The lowest BCUT2D eigenvalue weighted by Gasteiger charge is -2.38. The standard InChI is InChI=1S/C24H30N2O2/c25-23(28)24(26-16-21(27)13-8-17-5-2-1-3-6-17)14-4-7-19-11-12-20(15-22(19)24)18-9-10-18/h1-3,5-6,11-12,15,18,21,26-27H,4,7-10,13-14,16H2,(H2,25,28)/t21-,24+/m1/s1. The fraction of sp³-hybridized carbons (Fsp3) is 0.458. The van der Waals surface area contributed by atoms with Gasteiger partial charge >= 0.3 is 0 Å². The van der Waals surface area contributed by atoms with E-state index >= 15 is 0 Å². The van der Waals surface area contributed by atoms with E-state index in [-0.39, 0.29) is 5.91 Å². The summed E-state index contributed by atoms with van der Waals surface area (Å²) >= 11 is 0. The van der Waals surface area contributed by atoms with Gasteiger partial charge in [-0.1, -0.05) is 48.5 Å². The van der Waals surface area contributed by atoms with Crippen LogP contribution in [0.15, 0.2) is 48.5 Å². The van der Waals surface area contributed by atoms with Crippen LogP contribution in [-0.4, -0.2) is 23.7 Å². The van der Waals surface area contributed by atoms with Crippen LogP contribution in [0.3, 0.4) is 0 Å². The molecule has 0 aromatic heterocycles. The molecule has 0 radical (unpaired) electrons. The second-order valence-electron chi connectivity index (χ2n) is 8.37. The van der Waals surface area contributed by atoms with Crippen molar-refractivity contribution in [3.63, 3.8) is 0 Å². The molecule has 4 N–H and O–H groups in total.